The maximum atomic E-state index is 12.4. The molecule has 0 aliphatic carbocycles. The first kappa shape index (κ1) is 17.3. The first-order chi connectivity index (χ1) is 12.5. The van der Waals surface area contributed by atoms with Crippen molar-refractivity contribution in [3.05, 3.63) is 65.2 Å². The molecule has 0 aliphatic rings. The van der Waals surface area contributed by atoms with Gasteiger partial charge < -0.3 is 10.6 Å². The van der Waals surface area contributed by atoms with Gasteiger partial charge in [0.25, 0.3) is 5.56 Å². The number of hydrogen-bond donors (Lipinski definition) is 2. The second kappa shape index (κ2) is 7.60. The molecule has 2 N–H and O–H groups in total. The fourth-order valence-corrected chi connectivity index (χ4v) is 2.59. The maximum Gasteiger partial charge on any atom is 0.261 e. The van der Waals surface area contributed by atoms with Crippen molar-refractivity contribution in [2.24, 2.45) is 0 Å². The number of anilines is 2. The normalized spacial score (nSPS) is 10.5. The third kappa shape index (κ3) is 4.13. The molecule has 26 heavy (non-hydrogen) atoms. The number of aryl methyl sites for hydroxylation is 1. The van der Waals surface area contributed by atoms with E-state index in [9.17, 15) is 14.4 Å². The number of aromatic nitrogens is 2. The van der Waals surface area contributed by atoms with Crippen LogP contribution in [0.1, 0.15) is 13.3 Å². The minimum atomic E-state index is -0.231. The Morgan fingerprint density at radius 3 is 2.54 bits per heavy atom. The predicted octanol–water partition coefficient (Wildman–Crippen LogP) is 2.38. The zero-order valence-corrected chi connectivity index (χ0v) is 14.2. The van der Waals surface area contributed by atoms with E-state index in [-0.39, 0.29) is 30.3 Å². The number of amides is 2. The Morgan fingerprint density at radius 2 is 1.77 bits per heavy atom. The topological polar surface area (TPSA) is 93.1 Å². The molecule has 0 fully saturated rings. The Kier molecular flexibility index (Phi) is 5.07. The van der Waals surface area contributed by atoms with Crippen LogP contribution in [0.2, 0.25) is 0 Å². The molecule has 0 saturated heterocycles. The van der Waals surface area contributed by atoms with Gasteiger partial charge in [0.05, 0.1) is 17.2 Å². The number of fused-ring (bicyclic) bond motifs is 1. The molecular formula is C19H18N4O3. The zero-order chi connectivity index (χ0) is 18.5. The highest BCUT2D eigenvalue weighted by molar-refractivity contribution is 5.93. The summed E-state index contributed by atoms with van der Waals surface area (Å²) in [6.07, 6.45) is 1.58. The second-order valence-electron chi connectivity index (χ2n) is 5.82. The monoisotopic (exact) mass is 350 g/mol. The molecule has 0 radical (unpaired) electrons. The summed E-state index contributed by atoms with van der Waals surface area (Å²) in [5, 5.41) is 5.94. The summed E-state index contributed by atoms with van der Waals surface area (Å²) in [4.78, 5) is 39.9. The van der Waals surface area contributed by atoms with E-state index in [1.165, 1.54) is 17.8 Å². The number of carbonyl (C=O) groups excluding carboxylic acids is 2. The van der Waals surface area contributed by atoms with Crippen LogP contribution in [0.3, 0.4) is 0 Å². The molecule has 3 rings (SSSR count). The largest absolute Gasteiger partial charge is 0.326 e. The van der Waals surface area contributed by atoms with Crippen LogP contribution in [0.5, 0.6) is 0 Å². The van der Waals surface area contributed by atoms with Crippen molar-refractivity contribution < 1.29 is 9.59 Å². The van der Waals surface area contributed by atoms with Crippen molar-refractivity contribution in [3.63, 3.8) is 0 Å². The van der Waals surface area contributed by atoms with Crippen LogP contribution in [0.4, 0.5) is 11.4 Å². The van der Waals surface area contributed by atoms with Crippen LogP contribution in [0.15, 0.2) is 59.7 Å². The Hall–Kier alpha value is -3.48. The molecule has 132 valence electrons. The van der Waals surface area contributed by atoms with E-state index < -0.39 is 0 Å². The lowest BCUT2D eigenvalue weighted by Gasteiger charge is -2.09. The van der Waals surface area contributed by atoms with Gasteiger partial charge in [-0.3, -0.25) is 19.0 Å². The lowest BCUT2D eigenvalue weighted by Crippen LogP contribution is -2.23. The molecule has 0 bridgehead atoms. The zero-order valence-electron chi connectivity index (χ0n) is 14.2. The van der Waals surface area contributed by atoms with E-state index in [1.54, 1.807) is 42.5 Å². The predicted molar refractivity (Wildman–Crippen MR) is 100.0 cm³/mol. The number of benzene rings is 2. The van der Waals surface area contributed by atoms with Gasteiger partial charge in [0.2, 0.25) is 11.8 Å². The standard InChI is InChI=1S/C19H18N4O3/c1-13(24)21-14-5-4-6-15(11-14)22-18(25)9-10-23-12-20-17-8-3-2-7-16(17)19(23)26/h2-8,11-12H,9-10H2,1H3,(H,21,24)(H,22,25). The average Bonchev–Trinajstić information content (AvgIpc) is 2.61. The van der Waals surface area contributed by atoms with Crippen molar-refractivity contribution in [2.45, 2.75) is 19.9 Å². The fourth-order valence-electron chi connectivity index (χ4n) is 2.59. The summed E-state index contributed by atoms with van der Waals surface area (Å²) in [5.74, 6) is -0.415. The second-order valence-corrected chi connectivity index (χ2v) is 5.82. The van der Waals surface area contributed by atoms with Crippen molar-refractivity contribution in [1.29, 1.82) is 0 Å². The fraction of sp³-hybridized carbons (Fsp3) is 0.158. The van der Waals surface area contributed by atoms with Gasteiger partial charge in [-0.1, -0.05) is 18.2 Å². The van der Waals surface area contributed by atoms with Crippen molar-refractivity contribution in [1.82, 2.24) is 9.55 Å². The smallest absolute Gasteiger partial charge is 0.261 e. The summed E-state index contributed by atoms with van der Waals surface area (Å²) in [7, 11) is 0. The molecule has 2 amide bonds. The number of carbonyl (C=O) groups is 2. The molecule has 1 heterocycles. The van der Waals surface area contributed by atoms with Gasteiger partial charge in [-0.25, -0.2) is 4.98 Å². The molecule has 0 unspecified atom stereocenters. The number of para-hydroxylation sites is 1. The molecule has 0 atom stereocenters. The van der Waals surface area contributed by atoms with E-state index in [0.29, 0.717) is 22.3 Å². The van der Waals surface area contributed by atoms with Gasteiger partial charge in [-0.05, 0) is 30.3 Å². The van der Waals surface area contributed by atoms with E-state index in [0.717, 1.165) is 0 Å². The Morgan fingerprint density at radius 1 is 1.04 bits per heavy atom. The number of nitrogens with one attached hydrogen (secondary N) is 2. The number of rotatable bonds is 5. The molecule has 1 aromatic heterocycles. The van der Waals surface area contributed by atoms with E-state index in [4.69, 9.17) is 0 Å². The summed E-state index contributed by atoms with van der Waals surface area (Å²) in [5.41, 5.74) is 1.64. The first-order valence-electron chi connectivity index (χ1n) is 8.14. The molecule has 0 spiro atoms. The minimum Gasteiger partial charge on any atom is -0.326 e. The van der Waals surface area contributed by atoms with Crippen LogP contribution >= 0.6 is 0 Å². The average molecular weight is 350 g/mol. The Balaban J connectivity index is 1.65. The molecular weight excluding hydrogens is 332 g/mol. The molecule has 7 heteroatoms. The minimum absolute atomic E-state index is 0.129. The van der Waals surface area contributed by atoms with Crippen LogP contribution < -0.4 is 16.2 Å². The van der Waals surface area contributed by atoms with Crippen LogP contribution in [-0.4, -0.2) is 21.4 Å². The summed E-state index contributed by atoms with van der Waals surface area (Å²) < 4.78 is 1.43. The Labute approximate surface area is 149 Å². The molecule has 2 aromatic carbocycles. The van der Waals surface area contributed by atoms with Gasteiger partial charge in [0.1, 0.15) is 0 Å². The maximum absolute atomic E-state index is 12.4. The lowest BCUT2D eigenvalue weighted by atomic mass is 10.2. The number of hydrogen-bond acceptors (Lipinski definition) is 4. The van der Waals surface area contributed by atoms with Crippen molar-refractivity contribution in [3.8, 4) is 0 Å². The van der Waals surface area contributed by atoms with Crippen LogP contribution in [-0.2, 0) is 16.1 Å². The summed E-state index contributed by atoms with van der Waals surface area (Å²) in [6.45, 7) is 1.65. The van der Waals surface area contributed by atoms with Gasteiger partial charge in [-0.15, -0.1) is 0 Å². The third-order valence-electron chi connectivity index (χ3n) is 3.78. The molecule has 0 aliphatic heterocycles. The van der Waals surface area contributed by atoms with Gasteiger partial charge in [0.15, 0.2) is 0 Å². The van der Waals surface area contributed by atoms with E-state index >= 15 is 0 Å². The molecule has 3 aromatic rings. The highest BCUT2D eigenvalue weighted by atomic mass is 16.2. The highest BCUT2D eigenvalue weighted by Gasteiger charge is 2.07. The summed E-state index contributed by atoms with van der Waals surface area (Å²) in [6, 6.07) is 14.0. The SMILES string of the molecule is CC(=O)Nc1cccc(NC(=O)CCn2cnc3ccccc3c2=O)c1. The Bertz CT molecular complexity index is 1030. The van der Waals surface area contributed by atoms with Crippen molar-refractivity contribution in [2.75, 3.05) is 10.6 Å². The first-order valence-corrected chi connectivity index (χ1v) is 8.14. The van der Waals surface area contributed by atoms with Crippen LogP contribution in [0.25, 0.3) is 10.9 Å². The quantitative estimate of drug-likeness (QED) is 0.739. The summed E-state index contributed by atoms with van der Waals surface area (Å²) >= 11 is 0. The van der Waals surface area contributed by atoms with Gasteiger partial charge >= 0.3 is 0 Å². The van der Waals surface area contributed by atoms with Gasteiger partial charge in [0, 0.05) is 31.3 Å². The molecule has 0 saturated carbocycles. The van der Waals surface area contributed by atoms with Crippen molar-refractivity contribution >= 4 is 34.1 Å². The van der Waals surface area contributed by atoms with E-state index in [2.05, 4.69) is 15.6 Å². The number of nitrogens with zero attached hydrogens (tertiary/aromatic N) is 2. The van der Waals surface area contributed by atoms with Gasteiger partial charge in [-0.2, -0.15) is 0 Å². The molecule has 7 nitrogen and oxygen atoms in total. The van der Waals surface area contributed by atoms with Crippen LogP contribution in [0, 0.1) is 0 Å². The van der Waals surface area contributed by atoms with E-state index in [1.807, 2.05) is 6.07 Å². The lowest BCUT2D eigenvalue weighted by molar-refractivity contribution is -0.116. The highest BCUT2D eigenvalue weighted by Crippen LogP contribution is 2.15. The third-order valence-corrected chi connectivity index (χ3v) is 3.78.